The molecule has 0 atom stereocenters. The van der Waals surface area contributed by atoms with Crippen LogP contribution in [0.4, 0.5) is 5.82 Å². The van der Waals surface area contributed by atoms with E-state index in [1.807, 2.05) is 31.3 Å². The van der Waals surface area contributed by atoms with Gasteiger partial charge in [-0.2, -0.15) is 0 Å². The SMILES string of the molecule is CN(Cc1ccc2c(c1)OCCO2)c1nccc2occc12. The lowest BCUT2D eigenvalue weighted by molar-refractivity contribution is 0.171. The molecule has 0 aliphatic carbocycles. The van der Waals surface area contributed by atoms with Crippen LogP contribution >= 0.6 is 0 Å². The number of ether oxygens (including phenoxy) is 2. The molecule has 5 heteroatoms. The van der Waals surface area contributed by atoms with Gasteiger partial charge in [-0.25, -0.2) is 4.98 Å². The van der Waals surface area contributed by atoms with E-state index in [2.05, 4.69) is 16.0 Å². The summed E-state index contributed by atoms with van der Waals surface area (Å²) in [6.45, 7) is 1.94. The highest BCUT2D eigenvalue weighted by molar-refractivity contribution is 5.88. The van der Waals surface area contributed by atoms with E-state index in [0.717, 1.165) is 40.4 Å². The van der Waals surface area contributed by atoms with Gasteiger partial charge in [-0.15, -0.1) is 0 Å². The summed E-state index contributed by atoms with van der Waals surface area (Å²) in [5.74, 6) is 2.53. The van der Waals surface area contributed by atoms with Crippen LogP contribution in [0.2, 0.25) is 0 Å². The van der Waals surface area contributed by atoms with Crippen molar-refractivity contribution in [1.29, 1.82) is 0 Å². The fourth-order valence-electron chi connectivity index (χ4n) is 2.72. The van der Waals surface area contributed by atoms with E-state index in [1.54, 1.807) is 12.5 Å². The molecule has 0 saturated carbocycles. The van der Waals surface area contributed by atoms with Gasteiger partial charge in [0.25, 0.3) is 0 Å². The molecule has 3 aromatic rings. The summed E-state index contributed by atoms with van der Waals surface area (Å²) in [4.78, 5) is 6.57. The number of aromatic nitrogens is 1. The van der Waals surface area contributed by atoms with E-state index in [-0.39, 0.29) is 0 Å². The Balaban J connectivity index is 1.61. The van der Waals surface area contributed by atoms with Gasteiger partial charge in [-0.3, -0.25) is 0 Å². The maximum atomic E-state index is 5.64. The number of hydrogen-bond acceptors (Lipinski definition) is 5. The van der Waals surface area contributed by atoms with Gasteiger partial charge in [0, 0.05) is 19.8 Å². The Morgan fingerprint density at radius 1 is 1.09 bits per heavy atom. The summed E-state index contributed by atoms with van der Waals surface area (Å²) in [6.07, 6.45) is 3.45. The standard InChI is InChI=1S/C17H16N2O3/c1-19(17-13-5-7-20-14(13)4-6-18-17)11-12-2-3-15-16(10-12)22-9-8-21-15/h2-7,10H,8-9,11H2,1H3. The Kier molecular flexibility index (Phi) is 3.11. The lowest BCUT2D eigenvalue weighted by atomic mass is 10.1. The second-order valence-corrected chi connectivity index (χ2v) is 5.30. The van der Waals surface area contributed by atoms with Crippen molar-refractivity contribution in [3.05, 3.63) is 48.4 Å². The van der Waals surface area contributed by atoms with E-state index in [0.29, 0.717) is 13.2 Å². The summed E-state index contributed by atoms with van der Waals surface area (Å²) in [6, 6.07) is 9.86. The van der Waals surface area contributed by atoms with E-state index in [9.17, 15) is 0 Å². The zero-order valence-corrected chi connectivity index (χ0v) is 12.3. The molecular formula is C17H16N2O3. The van der Waals surface area contributed by atoms with Crippen LogP contribution in [0.15, 0.2) is 47.2 Å². The predicted molar refractivity (Wildman–Crippen MR) is 83.5 cm³/mol. The normalized spacial score (nSPS) is 13.3. The summed E-state index contributed by atoms with van der Waals surface area (Å²) >= 11 is 0. The third-order valence-electron chi connectivity index (χ3n) is 3.75. The van der Waals surface area contributed by atoms with Gasteiger partial charge >= 0.3 is 0 Å². The molecule has 0 unspecified atom stereocenters. The van der Waals surface area contributed by atoms with Crippen molar-refractivity contribution in [2.75, 3.05) is 25.2 Å². The molecule has 1 aliphatic heterocycles. The minimum atomic E-state index is 0.599. The van der Waals surface area contributed by atoms with Crippen molar-refractivity contribution < 1.29 is 13.9 Å². The maximum absolute atomic E-state index is 5.64. The zero-order chi connectivity index (χ0) is 14.9. The van der Waals surface area contributed by atoms with Crippen molar-refractivity contribution in [1.82, 2.24) is 4.98 Å². The fourth-order valence-corrected chi connectivity index (χ4v) is 2.72. The number of pyridine rings is 1. The molecular weight excluding hydrogens is 280 g/mol. The second kappa shape index (κ2) is 5.26. The first-order chi connectivity index (χ1) is 10.8. The first kappa shape index (κ1) is 13.0. The van der Waals surface area contributed by atoms with Crippen molar-refractivity contribution in [2.45, 2.75) is 6.54 Å². The zero-order valence-electron chi connectivity index (χ0n) is 12.3. The quantitative estimate of drug-likeness (QED) is 0.742. The molecule has 1 aliphatic rings. The Morgan fingerprint density at radius 2 is 1.95 bits per heavy atom. The van der Waals surface area contributed by atoms with Crippen LogP contribution in [-0.2, 0) is 6.54 Å². The van der Waals surface area contributed by atoms with Gasteiger partial charge in [0.05, 0.1) is 11.6 Å². The van der Waals surface area contributed by atoms with Crippen LogP contribution in [0.3, 0.4) is 0 Å². The number of furan rings is 1. The number of anilines is 1. The van der Waals surface area contributed by atoms with Crippen molar-refractivity contribution in [3.8, 4) is 11.5 Å². The summed E-state index contributed by atoms with van der Waals surface area (Å²) in [5, 5.41) is 1.02. The molecule has 3 heterocycles. The van der Waals surface area contributed by atoms with Crippen LogP contribution in [0.5, 0.6) is 11.5 Å². The van der Waals surface area contributed by atoms with Crippen LogP contribution in [0.1, 0.15) is 5.56 Å². The number of fused-ring (bicyclic) bond motifs is 2. The minimum absolute atomic E-state index is 0.599. The summed E-state index contributed by atoms with van der Waals surface area (Å²) < 4.78 is 16.6. The predicted octanol–water partition coefficient (Wildman–Crippen LogP) is 3.24. The Morgan fingerprint density at radius 3 is 2.86 bits per heavy atom. The largest absolute Gasteiger partial charge is 0.486 e. The second-order valence-electron chi connectivity index (χ2n) is 5.30. The fraction of sp³-hybridized carbons (Fsp3) is 0.235. The Bertz CT molecular complexity index is 813. The van der Waals surface area contributed by atoms with Crippen LogP contribution in [-0.4, -0.2) is 25.2 Å². The van der Waals surface area contributed by atoms with Crippen LogP contribution in [0.25, 0.3) is 11.0 Å². The first-order valence-electron chi connectivity index (χ1n) is 7.23. The monoisotopic (exact) mass is 296 g/mol. The van der Waals surface area contributed by atoms with E-state index >= 15 is 0 Å². The van der Waals surface area contributed by atoms with Crippen LogP contribution in [0, 0.1) is 0 Å². The van der Waals surface area contributed by atoms with Crippen molar-refractivity contribution in [3.63, 3.8) is 0 Å². The maximum Gasteiger partial charge on any atom is 0.161 e. The molecule has 2 aromatic heterocycles. The third kappa shape index (κ3) is 2.24. The lowest BCUT2D eigenvalue weighted by Crippen LogP contribution is -2.19. The smallest absolute Gasteiger partial charge is 0.161 e. The van der Waals surface area contributed by atoms with E-state index < -0.39 is 0 Å². The molecule has 0 saturated heterocycles. The average Bonchev–Trinajstić information content (AvgIpc) is 3.03. The Hall–Kier alpha value is -2.69. The Labute approximate surface area is 128 Å². The van der Waals surface area contributed by atoms with Crippen molar-refractivity contribution in [2.24, 2.45) is 0 Å². The summed E-state index contributed by atoms with van der Waals surface area (Å²) in [7, 11) is 2.02. The average molecular weight is 296 g/mol. The lowest BCUT2D eigenvalue weighted by Gasteiger charge is -2.22. The molecule has 0 N–H and O–H groups in total. The van der Waals surface area contributed by atoms with Gasteiger partial charge in [-0.1, -0.05) is 6.07 Å². The molecule has 0 amide bonds. The molecule has 0 radical (unpaired) electrons. The highest BCUT2D eigenvalue weighted by Crippen LogP contribution is 2.32. The molecule has 112 valence electrons. The van der Waals surface area contributed by atoms with Gasteiger partial charge in [0.15, 0.2) is 11.5 Å². The van der Waals surface area contributed by atoms with Gasteiger partial charge in [-0.05, 0) is 29.8 Å². The highest BCUT2D eigenvalue weighted by Gasteiger charge is 2.14. The van der Waals surface area contributed by atoms with Crippen LogP contribution < -0.4 is 14.4 Å². The van der Waals surface area contributed by atoms with Crippen molar-refractivity contribution >= 4 is 16.8 Å². The molecule has 1 aromatic carbocycles. The van der Waals surface area contributed by atoms with E-state index in [1.165, 1.54) is 0 Å². The van der Waals surface area contributed by atoms with E-state index in [4.69, 9.17) is 13.9 Å². The molecule has 22 heavy (non-hydrogen) atoms. The number of nitrogens with zero attached hydrogens (tertiary/aromatic N) is 2. The molecule has 5 nitrogen and oxygen atoms in total. The molecule has 0 fully saturated rings. The van der Waals surface area contributed by atoms with Gasteiger partial charge in [0.2, 0.25) is 0 Å². The topological polar surface area (TPSA) is 47.7 Å². The number of rotatable bonds is 3. The number of benzene rings is 1. The molecule has 4 rings (SSSR count). The number of hydrogen-bond donors (Lipinski definition) is 0. The molecule has 0 spiro atoms. The third-order valence-corrected chi connectivity index (χ3v) is 3.75. The molecule has 0 bridgehead atoms. The minimum Gasteiger partial charge on any atom is -0.486 e. The first-order valence-corrected chi connectivity index (χ1v) is 7.23. The van der Waals surface area contributed by atoms with Gasteiger partial charge in [0.1, 0.15) is 24.6 Å². The highest BCUT2D eigenvalue weighted by atomic mass is 16.6. The van der Waals surface area contributed by atoms with Gasteiger partial charge < -0.3 is 18.8 Å². The summed E-state index contributed by atoms with van der Waals surface area (Å²) in [5.41, 5.74) is 1.99.